The van der Waals surface area contributed by atoms with Crippen molar-refractivity contribution in [1.82, 2.24) is 5.32 Å². The van der Waals surface area contributed by atoms with Crippen molar-refractivity contribution in [3.63, 3.8) is 0 Å². The van der Waals surface area contributed by atoms with Crippen LogP contribution in [-0.4, -0.2) is 5.91 Å². The molecule has 3 nitrogen and oxygen atoms in total. The Hall–Kier alpha value is -0.770. The zero-order chi connectivity index (χ0) is 11.1. The Morgan fingerprint density at radius 1 is 1.73 bits per heavy atom. The zero-order valence-corrected chi connectivity index (χ0v) is 10.4. The summed E-state index contributed by atoms with van der Waals surface area (Å²) in [5, 5.41) is 2.91. The van der Waals surface area contributed by atoms with Crippen molar-refractivity contribution >= 4 is 21.8 Å². The van der Waals surface area contributed by atoms with E-state index < -0.39 is 0 Å². The van der Waals surface area contributed by atoms with Crippen LogP contribution < -0.4 is 5.32 Å². The third-order valence-corrected chi connectivity index (χ3v) is 3.33. The van der Waals surface area contributed by atoms with Crippen molar-refractivity contribution in [3.05, 3.63) is 22.6 Å². The van der Waals surface area contributed by atoms with Gasteiger partial charge in [-0.25, -0.2) is 0 Å². The maximum absolute atomic E-state index is 11.6. The Morgan fingerprint density at radius 3 is 2.87 bits per heavy atom. The van der Waals surface area contributed by atoms with Gasteiger partial charge in [-0.15, -0.1) is 0 Å². The molecule has 1 saturated carbocycles. The monoisotopic (exact) mass is 271 g/mol. The highest BCUT2D eigenvalue weighted by atomic mass is 79.9. The minimum atomic E-state index is 0.150. The molecule has 1 unspecified atom stereocenters. The van der Waals surface area contributed by atoms with E-state index in [2.05, 4.69) is 35.1 Å². The Morgan fingerprint density at radius 2 is 2.40 bits per heavy atom. The predicted molar refractivity (Wildman–Crippen MR) is 60.1 cm³/mol. The lowest BCUT2D eigenvalue weighted by atomic mass is 10.1. The molecule has 82 valence electrons. The first-order chi connectivity index (χ1) is 6.99. The van der Waals surface area contributed by atoms with E-state index in [0.717, 1.165) is 12.0 Å². The molecule has 1 fully saturated rings. The van der Waals surface area contributed by atoms with Crippen LogP contribution in [-0.2, 0) is 11.3 Å². The lowest BCUT2D eigenvalue weighted by Crippen LogP contribution is -2.25. The second-order valence-corrected chi connectivity index (χ2v) is 5.50. The van der Waals surface area contributed by atoms with Crippen molar-refractivity contribution in [3.8, 4) is 0 Å². The van der Waals surface area contributed by atoms with E-state index >= 15 is 0 Å². The molecule has 0 aromatic carbocycles. The minimum Gasteiger partial charge on any atom is -0.457 e. The highest BCUT2D eigenvalue weighted by Crippen LogP contribution is 2.51. The van der Waals surface area contributed by atoms with Crippen molar-refractivity contribution < 1.29 is 9.21 Å². The van der Waals surface area contributed by atoms with Gasteiger partial charge in [-0.1, -0.05) is 13.8 Å². The van der Waals surface area contributed by atoms with E-state index in [9.17, 15) is 4.79 Å². The number of carbonyl (C=O) groups excluding carboxylic acids is 1. The summed E-state index contributed by atoms with van der Waals surface area (Å²) in [6, 6.07) is 1.86. The molecule has 1 amide bonds. The van der Waals surface area contributed by atoms with Crippen LogP contribution in [0.3, 0.4) is 0 Å². The smallest absolute Gasteiger partial charge is 0.223 e. The molecule has 0 spiro atoms. The van der Waals surface area contributed by atoms with Gasteiger partial charge in [-0.3, -0.25) is 4.79 Å². The lowest BCUT2D eigenvalue weighted by Gasteiger charge is -2.04. The molecular formula is C11H14BrNO2. The molecule has 15 heavy (non-hydrogen) atoms. The normalized spacial score (nSPS) is 22.5. The average molecular weight is 272 g/mol. The molecule has 1 heterocycles. The fourth-order valence-corrected chi connectivity index (χ4v) is 2.05. The summed E-state index contributed by atoms with van der Waals surface area (Å²) in [4.78, 5) is 11.6. The highest BCUT2D eigenvalue weighted by molar-refractivity contribution is 9.10. The zero-order valence-electron chi connectivity index (χ0n) is 8.84. The van der Waals surface area contributed by atoms with Crippen molar-refractivity contribution in [2.24, 2.45) is 11.3 Å². The fraction of sp³-hybridized carbons (Fsp3) is 0.545. The molecule has 4 heteroatoms. The third-order valence-electron chi connectivity index (χ3n) is 2.92. The molecular weight excluding hydrogens is 258 g/mol. The number of amides is 1. The van der Waals surface area contributed by atoms with Gasteiger partial charge in [0.2, 0.25) is 5.91 Å². The first kappa shape index (κ1) is 10.7. The third kappa shape index (κ3) is 2.43. The second kappa shape index (κ2) is 3.67. The summed E-state index contributed by atoms with van der Waals surface area (Å²) in [6.07, 6.45) is 2.64. The number of halogens is 1. The fourth-order valence-electron chi connectivity index (χ4n) is 1.67. The van der Waals surface area contributed by atoms with E-state index in [1.165, 1.54) is 0 Å². The molecule has 1 aliphatic carbocycles. The molecule has 1 N–H and O–H groups in total. The molecule has 1 aromatic heterocycles. The quantitative estimate of drug-likeness (QED) is 0.919. The molecule has 0 aliphatic heterocycles. The van der Waals surface area contributed by atoms with Gasteiger partial charge < -0.3 is 9.73 Å². The van der Waals surface area contributed by atoms with Crippen LogP contribution in [0, 0.1) is 11.3 Å². The number of hydrogen-bond donors (Lipinski definition) is 1. The van der Waals surface area contributed by atoms with Crippen molar-refractivity contribution in [2.45, 2.75) is 26.8 Å². The molecule has 1 aliphatic rings. The van der Waals surface area contributed by atoms with Crippen LogP contribution in [0.1, 0.15) is 25.8 Å². The summed E-state index contributed by atoms with van der Waals surface area (Å²) in [7, 11) is 0. The summed E-state index contributed by atoms with van der Waals surface area (Å²) >= 11 is 3.22. The summed E-state index contributed by atoms with van der Waals surface area (Å²) in [5.41, 5.74) is 1.18. The number of carbonyl (C=O) groups is 1. The van der Waals surface area contributed by atoms with Gasteiger partial charge in [0.25, 0.3) is 0 Å². The maximum Gasteiger partial charge on any atom is 0.223 e. The molecule has 0 radical (unpaired) electrons. The Labute approximate surface area is 97.4 Å². The Kier molecular flexibility index (Phi) is 2.63. The van der Waals surface area contributed by atoms with Gasteiger partial charge in [0.1, 0.15) is 0 Å². The summed E-state index contributed by atoms with van der Waals surface area (Å²) in [5.74, 6) is 0.338. The van der Waals surface area contributed by atoms with E-state index in [1.807, 2.05) is 6.07 Å². The predicted octanol–water partition coefficient (Wildman–Crippen LogP) is 2.70. The Bertz CT molecular complexity index is 384. The Balaban J connectivity index is 1.82. The van der Waals surface area contributed by atoms with E-state index in [0.29, 0.717) is 11.2 Å². The van der Waals surface area contributed by atoms with Gasteiger partial charge in [-0.2, -0.15) is 0 Å². The van der Waals surface area contributed by atoms with Crippen LogP contribution in [0.15, 0.2) is 21.4 Å². The van der Waals surface area contributed by atoms with Gasteiger partial charge in [0.05, 0.1) is 6.26 Å². The van der Waals surface area contributed by atoms with Crippen molar-refractivity contribution in [1.29, 1.82) is 0 Å². The highest BCUT2D eigenvalue weighted by Gasteiger charge is 2.50. The van der Waals surface area contributed by atoms with Crippen LogP contribution in [0.4, 0.5) is 0 Å². The minimum absolute atomic E-state index is 0.150. The molecule has 1 aromatic rings. The average Bonchev–Trinajstić information content (AvgIpc) is 2.59. The van der Waals surface area contributed by atoms with Crippen molar-refractivity contribution in [2.75, 3.05) is 0 Å². The molecule has 2 rings (SSSR count). The SMILES string of the molecule is CC1(C)CC1C(=O)NCc1coc(Br)c1. The van der Waals surface area contributed by atoms with Gasteiger partial charge in [0, 0.05) is 18.0 Å². The molecule has 0 bridgehead atoms. The number of nitrogens with one attached hydrogen (secondary N) is 1. The maximum atomic E-state index is 11.6. The van der Waals surface area contributed by atoms with Gasteiger partial charge in [0.15, 0.2) is 4.67 Å². The molecule has 0 saturated heterocycles. The van der Waals surface area contributed by atoms with E-state index in [4.69, 9.17) is 4.42 Å². The van der Waals surface area contributed by atoms with E-state index in [1.54, 1.807) is 6.26 Å². The number of furan rings is 1. The summed E-state index contributed by atoms with van der Waals surface area (Å²) in [6.45, 7) is 4.78. The van der Waals surface area contributed by atoms with Gasteiger partial charge in [-0.05, 0) is 33.8 Å². The first-order valence-corrected chi connectivity index (χ1v) is 5.79. The standard InChI is InChI=1S/C11H14BrNO2/c1-11(2)4-8(11)10(14)13-5-7-3-9(12)15-6-7/h3,6,8H,4-5H2,1-2H3,(H,13,14). The number of rotatable bonds is 3. The largest absolute Gasteiger partial charge is 0.457 e. The molecule has 1 atom stereocenters. The second-order valence-electron chi connectivity index (χ2n) is 4.72. The van der Waals surface area contributed by atoms with E-state index in [-0.39, 0.29) is 17.2 Å². The van der Waals surface area contributed by atoms with Crippen LogP contribution in [0.2, 0.25) is 0 Å². The topological polar surface area (TPSA) is 42.2 Å². The first-order valence-electron chi connectivity index (χ1n) is 5.00. The van der Waals surface area contributed by atoms with Crippen LogP contribution in [0.25, 0.3) is 0 Å². The van der Waals surface area contributed by atoms with Gasteiger partial charge >= 0.3 is 0 Å². The lowest BCUT2D eigenvalue weighted by molar-refractivity contribution is -0.123. The summed E-state index contributed by atoms with van der Waals surface area (Å²) < 4.78 is 5.77. The van der Waals surface area contributed by atoms with Crippen LogP contribution >= 0.6 is 15.9 Å². The van der Waals surface area contributed by atoms with Crippen LogP contribution in [0.5, 0.6) is 0 Å². The number of hydrogen-bond acceptors (Lipinski definition) is 2.